The van der Waals surface area contributed by atoms with E-state index in [-0.39, 0.29) is 0 Å². The van der Waals surface area contributed by atoms with Crippen LogP contribution in [0.25, 0.3) is 0 Å². The Balaban J connectivity index is 2.91. The second-order valence-corrected chi connectivity index (χ2v) is 5.59. The highest BCUT2D eigenvalue weighted by Crippen LogP contribution is 2.19. The second-order valence-electron chi connectivity index (χ2n) is 5.16. The van der Waals surface area contributed by atoms with Crippen molar-refractivity contribution in [3.8, 4) is 0 Å². The van der Waals surface area contributed by atoms with Crippen molar-refractivity contribution in [1.29, 1.82) is 0 Å². The molecule has 0 bridgehead atoms. The smallest absolute Gasteiger partial charge is 0.408 e. The number of benzene rings is 1. The summed E-state index contributed by atoms with van der Waals surface area (Å²) in [6, 6.07) is 5.65. The number of hydrogen-bond donors (Lipinski definition) is 1. The van der Waals surface area contributed by atoms with Crippen LogP contribution in [0, 0.1) is 0 Å². The van der Waals surface area contributed by atoms with E-state index < -0.39 is 23.7 Å². The van der Waals surface area contributed by atoms with Gasteiger partial charge in [-0.15, -0.1) is 0 Å². The number of hydrogen-bond acceptors (Lipinski definition) is 4. The molecule has 0 aromatic heterocycles. The quantitative estimate of drug-likeness (QED) is 0.871. The van der Waals surface area contributed by atoms with Crippen molar-refractivity contribution < 1.29 is 19.1 Å². The van der Waals surface area contributed by atoms with Gasteiger partial charge >= 0.3 is 12.1 Å². The topological polar surface area (TPSA) is 64.6 Å². The van der Waals surface area contributed by atoms with Crippen LogP contribution in [-0.2, 0) is 14.3 Å². The maximum absolute atomic E-state index is 11.8. The third-order valence-electron chi connectivity index (χ3n) is 2.28. The summed E-state index contributed by atoms with van der Waals surface area (Å²) in [5, 5.41) is 2.93. The van der Waals surface area contributed by atoms with Gasteiger partial charge in [-0.1, -0.05) is 23.7 Å². The summed E-state index contributed by atoms with van der Waals surface area (Å²) in [6.07, 6.45) is -0.701. The first-order chi connectivity index (χ1) is 9.23. The van der Waals surface area contributed by atoms with Gasteiger partial charge in [-0.3, -0.25) is 0 Å². The van der Waals surface area contributed by atoms with Crippen LogP contribution in [0.3, 0.4) is 0 Å². The Morgan fingerprint density at radius 3 is 2.45 bits per heavy atom. The zero-order valence-corrected chi connectivity index (χ0v) is 12.7. The Hall–Kier alpha value is -1.75. The molecule has 1 aromatic rings. The van der Waals surface area contributed by atoms with Crippen LogP contribution < -0.4 is 5.32 Å². The summed E-state index contributed by atoms with van der Waals surface area (Å²) in [4.78, 5) is 23.6. The maximum atomic E-state index is 11.8. The molecule has 0 radical (unpaired) electrons. The van der Waals surface area contributed by atoms with Crippen molar-refractivity contribution in [2.24, 2.45) is 0 Å². The average molecular weight is 300 g/mol. The highest BCUT2D eigenvalue weighted by atomic mass is 35.5. The minimum Gasteiger partial charge on any atom is -0.467 e. The lowest BCUT2D eigenvalue weighted by Crippen LogP contribution is -2.38. The van der Waals surface area contributed by atoms with Crippen LogP contribution in [0.2, 0.25) is 5.02 Å². The monoisotopic (exact) mass is 299 g/mol. The molecule has 0 heterocycles. The molecule has 0 aliphatic rings. The van der Waals surface area contributed by atoms with Gasteiger partial charge in [-0.05, 0) is 38.5 Å². The van der Waals surface area contributed by atoms with Crippen LogP contribution in [0.4, 0.5) is 4.79 Å². The Morgan fingerprint density at radius 1 is 1.30 bits per heavy atom. The maximum Gasteiger partial charge on any atom is 0.408 e. The number of ether oxygens (including phenoxy) is 2. The van der Waals surface area contributed by atoms with Crippen LogP contribution in [0.5, 0.6) is 0 Å². The van der Waals surface area contributed by atoms with Gasteiger partial charge in [0, 0.05) is 5.02 Å². The van der Waals surface area contributed by atoms with E-state index in [0.717, 1.165) is 0 Å². The van der Waals surface area contributed by atoms with Gasteiger partial charge in [0.25, 0.3) is 0 Å². The Morgan fingerprint density at radius 2 is 1.95 bits per heavy atom. The summed E-state index contributed by atoms with van der Waals surface area (Å²) >= 11 is 5.88. The number of carbonyl (C=O) groups excluding carboxylic acids is 2. The third-order valence-corrected chi connectivity index (χ3v) is 2.52. The predicted octanol–water partition coefficient (Wildman–Crippen LogP) is 3.08. The molecule has 1 aromatic carbocycles. The minimum atomic E-state index is -0.964. The number of amides is 1. The highest BCUT2D eigenvalue weighted by molar-refractivity contribution is 6.30. The van der Waals surface area contributed by atoms with Crippen molar-refractivity contribution in [3.63, 3.8) is 0 Å². The fourth-order valence-electron chi connectivity index (χ4n) is 1.51. The molecular weight excluding hydrogens is 282 g/mol. The molecule has 1 N–H and O–H groups in total. The molecule has 1 atom stereocenters. The fourth-order valence-corrected chi connectivity index (χ4v) is 1.71. The zero-order chi connectivity index (χ0) is 15.3. The number of methoxy groups -OCH3 is 1. The molecule has 1 amide bonds. The molecule has 0 unspecified atom stereocenters. The molecule has 0 spiro atoms. The summed E-state index contributed by atoms with van der Waals surface area (Å²) < 4.78 is 9.81. The summed E-state index contributed by atoms with van der Waals surface area (Å²) in [5.41, 5.74) is -0.130. The lowest BCUT2D eigenvalue weighted by atomic mass is 10.1. The number of nitrogens with one attached hydrogen (secondary N) is 1. The van der Waals surface area contributed by atoms with E-state index in [1.807, 2.05) is 0 Å². The van der Waals surface area contributed by atoms with Crippen LogP contribution in [-0.4, -0.2) is 24.8 Å². The van der Waals surface area contributed by atoms with Gasteiger partial charge < -0.3 is 14.8 Å². The first kappa shape index (κ1) is 16.3. The van der Waals surface area contributed by atoms with Crippen LogP contribution in [0.1, 0.15) is 32.4 Å². The summed E-state index contributed by atoms with van der Waals surface area (Å²) in [6.45, 7) is 5.21. The lowest BCUT2D eigenvalue weighted by Gasteiger charge is -2.22. The van der Waals surface area contributed by atoms with Gasteiger partial charge in [0.05, 0.1) is 7.11 Å². The standard InChI is InChI=1S/C14H18ClNO4/c1-14(2,3)20-13(18)16-11(12(17)19-4)9-6-5-7-10(15)8-9/h5-8,11H,1-4H3,(H,16,18)/t11-/m1/s1. The Bertz CT molecular complexity index is 496. The van der Waals surface area contributed by atoms with Gasteiger partial charge in [-0.2, -0.15) is 0 Å². The molecule has 0 fully saturated rings. The highest BCUT2D eigenvalue weighted by Gasteiger charge is 2.26. The largest absolute Gasteiger partial charge is 0.467 e. The molecule has 0 saturated carbocycles. The van der Waals surface area contributed by atoms with Crippen LogP contribution in [0.15, 0.2) is 24.3 Å². The van der Waals surface area contributed by atoms with E-state index in [1.54, 1.807) is 45.0 Å². The minimum absolute atomic E-state index is 0.461. The SMILES string of the molecule is COC(=O)[C@H](NC(=O)OC(C)(C)C)c1cccc(Cl)c1. The number of carbonyl (C=O) groups is 2. The van der Waals surface area contributed by atoms with Crippen molar-refractivity contribution in [3.05, 3.63) is 34.9 Å². The van der Waals surface area contributed by atoms with E-state index in [2.05, 4.69) is 10.1 Å². The molecule has 0 aliphatic carbocycles. The van der Waals surface area contributed by atoms with E-state index in [1.165, 1.54) is 7.11 Å². The zero-order valence-electron chi connectivity index (χ0n) is 11.9. The van der Waals surface area contributed by atoms with Crippen molar-refractivity contribution >= 4 is 23.7 Å². The van der Waals surface area contributed by atoms with Gasteiger partial charge in [0.15, 0.2) is 6.04 Å². The van der Waals surface area contributed by atoms with E-state index >= 15 is 0 Å². The molecule has 0 aliphatic heterocycles. The number of rotatable bonds is 3. The Kier molecular flexibility index (Phi) is 5.39. The van der Waals surface area contributed by atoms with Gasteiger partial charge in [-0.25, -0.2) is 9.59 Å². The number of halogens is 1. The number of esters is 1. The summed E-state index contributed by atoms with van der Waals surface area (Å²) in [5.74, 6) is -0.599. The second kappa shape index (κ2) is 6.61. The first-order valence-corrected chi connectivity index (χ1v) is 6.43. The molecule has 20 heavy (non-hydrogen) atoms. The normalized spacial score (nSPS) is 12.4. The van der Waals surface area contributed by atoms with Crippen LogP contribution >= 0.6 is 11.6 Å². The van der Waals surface area contributed by atoms with Crippen molar-refractivity contribution in [1.82, 2.24) is 5.32 Å². The molecule has 110 valence electrons. The molecular formula is C14H18ClNO4. The Labute approximate surface area is 123 Å². The predicted molar refractivity (Wildman–Crippen MR) is 75.6 cm³/mol. The fraction of sp³-hybridized carbons (Fsp3) is 0.429. The average Bonchev–Trinajstić information content (AvgIpc) is 2.33. The van der Waals surface area contributed by atoms with E-state index in [9.17, 15) is 9.59 Å². The molecule has 0 saturated heterocycles. The lowest BCUT2D eigenvalue weighted by molar-refractivity contribution is -0.143. The molecule has 1 rings (SSSR count). The van der Waals surface area contributed by atoms with Gasteiger partial charge in [0.1, 0.15) is 5.60 Å². The third kappa shape index (κ3) is 5.09. The van der Waals surface area contributed by atoms with E-state index in [0.29, 0.717) is 10.6 Å². The first-order valence-electron chi connectivity index (χ1n) is 6.06. The molecule has 5 nitrogen and oxygen atoms in total. The van der Waals surface area contributed by atoms with E-state index in [4.69, 9.17) is 16.3 Å². The number of alkyl carbamates (subject to hydrolysis) is 1. The van der Waals surface area contributed by atoms with Gasteiger partial charge in [0.2, 0.25) is 0 Å². The summed E-state index contributed by atoms with van der Waals surface area (Å²) in [7, 11) is 1.25. The van der Waals surface area contributed by atoms with Crippen molar-refractivity contribution in [2.45, 2.75) is 32.4 Å². The van der Waals surface area contributed by atoms with Crippen molar-refractivity contribution in [2.75, 3.05) is 7.11 Å². The molecule has 6 heteroatoms.